The van der Waals surface area contributed by atoms with Gasteiger partial charge in [-0.05, 0) is 38.8 Å². The molecule has 4 heterocycles. The van der Waals surface area contributed by atoms with Gasteiger partial charge in [-0.2, -0.15) is 13.2 Å². The van der Waals surface area contributed by atoms with E-state index in [-0.39, 0.29) is 11.3 Å². The number of carboxylic acids is 1. The standard InChI is InChI=1S/C20H27ClN4O2.C2HF3O2/c1-15(2)23-8-9-27-14-20(12-23)6-3-7-24(13-20)19(26)17-11-25-10-16(21)4-5-18(25)22-17;3-2(4,5)1(6)7/h4-5,10-11,15H,3,6-9,12-14H2,1-2H3;(H,6,7). The molecule has 4 rings (SSSR count). The molecule has 1 amide bonds. The van der Waals surface area contributed by atoms with Crippen LogP contribution in [-0.2, 0) is 9.53 Å². The van der Waals surface area contributed by atoms with Gasteiger partial charge in [0.2, 0.25) is 0 Å². The molecule has 8 nitrogen and oxygen atoms in total. The molecule has 2 aromatic rings. The number of piperidine rings is 1. The third kappa shape index (κ3) is 6.39. The van der Waals surface area contributed by atoms with Crippen molar-refractivity contribution in [3.05, 3.63) is 35.2 Å². The minimum absolute atomic E-state index is 0.00533. The van der Waals surface area contributed by atoms with Crippen LogP contribution in [0.1, 0.15) is 37.2 Å². The van der Waals surface area contributed by atoms with Crippen molar-refractivity contribution in [2.45, 2.75) is 38.9 Å². The molecule has 0 aliphatic carbocycles. The van der Waals surface area contributed by atoms with Crippen LogP contribution in [0.3, 0.4) is 0 Å². The van der Waals surface area contributed by atoms with E-state index in [4.69, 9.17) is 26.2 Å². The van der Waals surface area contributed by atoms with E-state index >= 15 is 0 Å². The summed E-state index contributed by atoms with van der Waals surface area (Å²) in [5.41, 5.74) is 1.22. The molecule has 0 radical (unpaired) electrons. The van der Waals surface area contributed by atoms with Gasteiger partial charge >= 0.3 is 12.1 Å². The molecule has 2 aliphatic rings. The molecule has 1 unspecified atom stereocenters. The summed E-state index contributed by atoms with van der Waals surface area (Å²) in [6, 6.07) is 4.10. The number of fused-ring (bicyclic) bond motifs is 1. The number of carbonyl (C=O) groups excluding carboxylic acids is 1. The van der Waals surface area contributed by atoms with Gasteiger partial charge in [-0.1, -0.05) is 11.6 Å². The molecule has 1 spiro atoms. The van der Waals surface area contributed by atoms with Gasteiger partial charge in [-0.25, -0.2) is 9.78 Å². The van der Waals surface area contributed by atoms with Crippen molar-refractivity contribution in [2.75, 3.05) is 39.4 Å². The average molecular weight is 505 g/mol. The Kier molecular flexibility index (Phi) is 8.10. The second kappa shape index (κ2) is 10.5. The number of nitrogens with zero attached hydrogens (tertiary/aromatic N) is 4. The smallest absolute Gasteiger partial charge is 0.475 e. The van der Waals surface area contributed by atoms with Crippen molar-refractivity contribution in [3.8, 4) is 0 Å². The number of imidazole rings is 1. The Labute approximate surface area is 200 Å². The quantitative estimate of drug-likeness (QED) is 0.672. The van der Waals surface area contributed by atoms with Gasteiger partial charge in [-0.15, -0.1) is 0 Å². The zero-order chi connectivity index (χ0) is 25.1. The van der Waals surface area contributed by atoms with Gasteiger partial charge < -0.3 is 19.1 Å². The number of likely N-dealkylation sites (tertiary alicyclic amines) is 1. The minimum Gasteiger partial charge on any atom is -0.475 e. The summed E-state index contributed by atoms with van der Waals surface area (Å²) in [6.07, 6.45) is 0.563. The summed E-state index contributed by atoms with van der Waals surface area (Å²) < 4.78 is 39.5. The number of carboxylic acid groups (broad SMARTS) is 1. The Bertz CT molecular complexity index is 1030. The second-order valence-corrected chi connectivity index (χ2v) is 9.43. The van der Waals surface area contributed by atoms with E-state index in [1.165, 1.54) is 0 Å². The van der Waals surface area contributed by atoms with Gasteiger partial charge in [0, 0.05) is 50.0 Å². The topological polar surface area (TPSA) is 87.4 Å². The molecule has 2 saturated heterocycles. The summed E-state index contributed by atoms with van der Waals surface area (Å²) in [4.78, 5) is 31.0. The molecule has 0 bridgehead atoms. The number of aromatic nitrogens is 2. The summed E-state index contributed by atoms with van der Waals surface area (Å²) >= 11 is 6.05. The van der Waals surface area contributed by atoms with Crippen LogP contribution < -0.4 is 0 Å². The molecule has 0 aromatic carbocycles. The molecule has 2 aromatic heterocycles. The first-order valence-corrected chi connectivity index (χ1v) is 11.3. The van der Waals surface area contributed by atoms with Gasteiger partial charge in [0.25, 0.3) is 5.91 Å². The predicted octanol–water partition coefficient (Wildman–Crippen LogP) is 3.58. The fraction of sp³-hybridized carbons (Fsp3) is 0.591. The average Bonchev–Trinajstić information content (AvgIpc) is 3.07. The lowest BCUT2D eigenvalue weighted by molar-refractivity contribution is -0.192. The molecule has 12 heteroatoms. The maximum absolute atomic E-state index is 13.1. The first-order valence-electron chi connectivity index (χ1n) is 11.0. The predicted molar refractivity (Wildman–Crippen MR) is 119 cm³/mol. The largest absolute Gasteiger partial charge is 0.490 e. The zero-order valence-corrected chi connectivity index (χ0v) is 19.8. The molecule has 2 fully saturated rings. The summed E-state index contributed by atoms with van der Waals surface area (Å²) in [6.45, 7) is 9.39. The van der Waals surface area contributed by atoms with Crippen LogP contribution in [0.2, 0.25) is 5.02 Å². The van der Waals surface area contributed by atoms with E-state index < -0.39 is 12.1 Å². The van der Waals surface area contributed by atoms with Crippen LogP contribution in [-0.4, -0.2) is 87.8 Å². The molecule has 0 saturated carbocycles. The fourth-order valence-corrected chi connectivity index (χ4v) is 4.49. The normalized spacial score (nSPS) is 21.9. The van der Waals surface area contributed by atoms with E-state index in [2.05, 4.69) is 23.7 Å². The molecular formula is C22H28ClF3N4O4. The molecule has 1 atom stereocenters. The van der Waals surface area contributed by atoms with Crippen molar-refractivity contribution in [1.82, 2.24) is 19.2 Å². The second-order valence-electron chi connectivity index (χ2n) is 8.99. The van der Waals surface area contributed by atoms with E-state index in [9.17, 15) is 18.0 Å². The van der Waals surface area contributed by atoms with Crippen LogP contribution in [0.25, 0.3) is 5.65 Å². The Morgan fingerprint density at radius 3 is 2.56 bits per heavy atom. The van der Waals surface area contributed by atoms with Crippen LogP contribution in [0, 0.1) is 5.41 Å². The number of amides is 1. The molecule has 34 heavy (non-hydrogen) atoms. The molecule has 1 N–H and O–H groups in total. The summed E-state index contributed by atoms with van der Waals surface area (Å²) in [5, 5.41) is 7.75. The zero-order valence-electron chi connectivity index (χ0n) is 19.0. The van der Waals surface area contributed by atoms with Gasteiger partial charge in [0.15, 0.2) is 0 Å². The maximum atomic E-state index is 13.1. The highest BCUT2D eigenvalue weighted by atomic mass is 35.5. The van der Waals surface area contributed by atoms with Crippen LogP contribution >= 0.6 is 11.6 Å². The maximum Gasteiger partial charge on any atom is 0.490 e. The lowest BCUT2D eigenvalue weighted by Gasteiger charge is -2.44. The van der Waals surface area contributed by atoms with E-state index in [1.54, 1.807) is 18.5 Å². The highest BCUT2D eigenvalue weighted by Gasteiger charge is 2.41. The van der Waals surface area contributed by atoms with Crippen molar-refractivity contribution >= 4 is 29.1 Å². The Morgan fingerprint density at radius 2 is 1.91 bits per heavy atom. The lowest BCUT2D eigenvalue weighted by Crippen LogP contribution is -2.53. The monoisotopic (exact) mass is 504 g/mol. The van der Waals surface area contributed by atoms with Gasteiger partial charge in [0.05, 0.1) is 18.2 Å². The van der Waals surface area contributed by atoms with Crippen molar-refractivity contribution in [1.29, 1.82) is 0 Å². The molecule has 188 valence electrons. The van der Waals surface area contributed by atoms with E-state index in [1.807, 2.05) is 15.4 Å². The lowest BCUT2D eigenvalue weighted by atomic mass is 9.79. The Balaban J connectivity index is 0.000000406. The first kappa shape index (κ1) is 26.2. The Hall–Kier alpha value is -2.37. The number of ether oxygens (including phenoxy) is 1. The molecular weight excluding hydrogens is 477 g/mol. The SMILES string of the molecule is CC(C)N1CCOCC2(CCCN(C(=O)c3cn4cc(Cl)ccc4n3)C2)C1.O=C(O)C(F)(F)F. The third-order valence-corrected chi connectivity index (χ3v) is 6.25. The number of rotatable bonds is 2. The van der Waals surface area contributed by atoms with Gasteiger partial charge in [-0.3, -0.25) is 9.69 Å². The number of pyridine rings is 1. The summed E-state index contributed by atoms with van der Waals surface area (Å²) in [7, 11) is 0. The van der Waals surface area contributed by atoms with E-state index in [0.29, 0.717) is 16.8 Å². The minimum atomic E-state index is -5.08. The fourth-order valence-electron chi connectivity index (χ4n) is 4.32. The first-order chi connectivity index (χ1) is 15.9. The Morgan fingerprint density at radius 1 is 1.21 bits per heavy atom. The van der Waals surface area contributed by atoms with Crippen molar-refractivity contribution in [3.63, 3.8) is 0 Å². The number of aliphatic carboxylic acids is 1. The number of alkyl halides is 3. The summed E-state index contributed by atoms with van der Waals surface area (Å²) in [5.74, 6) is -2.76. The van der Waals surface area contributed by atoms with E-state index in [0.717, 1.165) is 57.9 Å². The number of carbonyl (C=O) groups is 2. The number of hydrogen-bond acceptors (Lipinski definition) is 5. The van der Waals surface area contributed by atoms with Crippen molar-refractivity contribution < 1.29 is 32.6 Å². The van der Waals surface area contributed by atoms with Gasteiger partial charge in [0.1, 0.15) is 11.3 Å². The van der Waals surface area contributed by atoms with Crippen LogP contribution in [0.5, 0.6) is 0 Å². The third-order valence-electron chi connectivity index (χ3n) is 6.03. The highest BCUT2D eigenvalue weighted by Crippen LogP contribution is 2.34. The number of halogens is 4. The highest BCUT2D eigenvalue weighted by molar-refractivity contribution is 6.30. The molecule has 2 aliphatic heterocycles. The van der Waals surface area contributed by atoms with Crippen molar-refractivity contribution in [2.24, 2.45) is 5.41 Å². The number of hydrogen-bond donors (Lipinski definition) is 1. The van der Waals surface area contributed by atoms with Crippen LogP contribution in [0.15, 0.2) is 24.5 Å². The van der Waals surface area contributed by atoms with Crippen LogP contribution in [0.4, 0.5) is 13.2 Å².